The maximum absolute atomic E-state index is 12.9. The second-order valence-corrected chi connectivity index (χ2v) is 7.67. The topological polar surface area (TPSA) is 68.0 Å². The lowest BCUT2D eigenvalue weighted by molar-refractivity contribution is -0.115. The molecule has 0 aliphatic heterocycles. The minimum absolute atomic E-state index is 0.0996. The third-order valence-electron chi connectivity index (χ3n) is 3.64. The molecule has 0 bridgehead atoms. The van der Waals surface area contributed by atoms with Crippen LogP contribution in [0.15, 0.2) is 62.7 Å². The molecule has 8 heteroatoms. The number of anilines is 1. The molecular weight excluding hydrogens is 385 g/mol. The van der Waals surface area contributed by atoms with Crippen LogP contribution in [0.2, 0.25) is 0 Å². The first-order valence-electron chi connectivity index (χ1n) is 8.26. The van der Waals surface area contributed by atoms with Gasteiger partial charge in [-0.2, -0.15) is 0 Å². The molecule has 0 aliphatic rings. The number of thioether (sulfide) groups is 2. The molecule has 2 aromatic carbocycles. The van der Waals surface area contributed by atoms with Crippen molar-refractivity contribution in [3.05, 3.63) is 65.8 Å². The monoisotopic (exact) mass is 403 g/mol. The van der Waals surface area contributed by atoms with Crippen molar-refractivity contribution in [1.82, 2.24) is 10.2 Å². The Morgan fingerprint density at radius 2 is 1.78 bits per heavy atom. The van der Waals surface area contributed by atoms with Crippen molar-refractivity contribution in [3.8, 4) is 0 Å². The van der Waals surface area contributed by atoms with Gasteiger partial charge in [-0.15, -0.1) is 28.6 Å². The molecule has 27 heavy (non-hydrogen) atoms. The van der Waals surface area contributed by atoms with Gasteiger partial charge in [-0.3, -0.25) is 10.1 Å². The van der Waals surface area contributed by atoms with E-state index in [0.29, 0.717) is 18.1 Å². The fourth-order valence-corrected chi connectivity index (χ4v) is 3.53. The van der Waals surface area contributed by atoms with E-state index in [1.807, 2.05) is 30.5 Å². The largest absolute Gasteiger partial charge is 0.407 e. The molecule has 3 aromatic rings. The molecule has 1 amide bonds. The molecule has 1 aromatic heterocycles. The van der Waals surface area contributed by atoms with Gasteiger partial charge in [-0.25, -0.2) is 4.39 Å². The molecule has 0 saturated carbocycles. The first kappa shape index (κ1) is 19.4. The minimum Gasteiger partial charge on any atom is -0.407 e. The van der Waals surface area contributed by atoms with Crippen molar-refractivity contribution < 1.29 is 13.6 Å². The molecular formula is C19H18FN3O2S2. The van der Waals surface area contributed by atoms with Crippen molar-refractivity contribution >= 4 is 35.4 Å². The van der Waals surface area contributed by atoms with Crippen LogP contribution in [0.1, 0.15) is 17.9 Å². The van der Waals surface area contributed by atoms with Crippen molar-refractivity contribution in [3.63, 3.8) is 0 Å². The van der Waals surface area contributed by atoms with Crippen LogP contribution in [0.4, 0.5) is 10.4 Å². The quantitative estimate of drug-likeness (QED) is 0.553. The summed E-state index contributed by atoms with van der Waals surface area (Å²) in [5, 5.41) is 10.4. The summed E-state index contributed by atoms with van der Waals surface area (Å²) in [5.41, 5.74) is 1.06. The highest BCUT2D eigenvalue weighted by molar-refractivity contribution is 7.99. The van der Waals surface area contributed by atoms with Gasteiger partial charge in [0, 0.05) is 22.0 Å². The highest BCUT2D eigenvalue weighted by Crippen LogP contribution is 2.20. The number of carbonyl (C=O) groups excluding carboxylic acids is 1. The number of carbonyl (C=O) groups is 1. The van der Waals surface area contributed by atoms with Crippen LogP contribution < -0.4 is 5.32 Å². The van der Waals surface area contributed by atoms with Crippen LogP contribution in [0.3, 0.4) is 0 Å². The zero-order valence-electron chi connectivity index (χ0n) is 14.6. The van der Waals surface area contributed by atoms with Crippen LogP contribution in [-0.2, 0) is 11.2 Å². The zero-order valence-corrected chi connectivity index (χ0v) is 16.3. The van der Waals surface area contributed by atoms with Gasteiger partial charge in [-0.1, -0.05) is 17.2 Å². The Balaban J connectivity index is 1.45. The number of rotatable bonds is 8. The van der Waals surface area contributed by atoms with E-state index in [0.717, 1.165) is 10.5 Å². The van der Waals surface area contributed by atoms with Gasteiger partial charge in [0.25, 0.3) is 0 Å². The number of amides is 1. The molecule has 0 fully saturated rings. The maximum atomic E-state index is 12.9. The van der Waals surface area contributed by atoms with Crippen LogP contribution in [-0.4, -0.2) is 28.1 Å². The molecule has 5 nitrogen and oxygen atoms in total. The predicted octanol–water partition coefficient (Wildman–Crippen LogP) is 4.64. The number of hydrogen-bond donors (Lipinski definition) is 1. The van der Waals surface area contributed by atoms with Gasteiger partial charge >= 0.3 is 6.01 Å². The molecule has 0 spiro atoms. The van der Waals surface area contributed by atoms with Gasteiger partial charge in [0.2, 0.25) is 11.8 Å². The smallest absolute Gasteiger partial charge is 0.322 e. The molecule has 3 rings (SSSR count). The lowest BCUT2D eigenvalue weighted by atomic mass is 10.1. The van der Waals surface area contributed by atoms with Crippen LogP contribution >= 0.6 is 23.5 Å². The Kier molecular flexibility index (Phi) is 6.89. The number of benzene rings is 2. The Morgan fingerprint density at radius 1 is 1.07 bits per heavy atom. The number of hydrogen-bond acceptors (Lipinski definition) is 6. The number of nitrogens with one attached hydrogen (secondary N) is 1. The van der Waals surface area contributed by atoms with Gasteiger partial charge in [-0.05, 0) is 48.2 Å². The van der Waals surface area contributed by atoms with Gasteiger partial charge in [0.15, 0.2) is 0 Å². The second-order valence-electron chi connectivity index (χ2n) is 5.63. The molecule has 0 saturated heterocycles. The van der Waals surface area contributed by atoms with Crippen molar-refractivity contribution in [2.75, 3.05) is 17.3 Å². The standard InChI is InChI=1S/C19H18FN3O2S2/c1-26-15-6-2-13(3-7-15)12-18-22-23-19(25-18)21-17(24)10-11-27-16-8-4-14(20)5-9-16/h2-9H,10-12H2,1H3,(H,21,23,24). The van der Waals surface area contributed by atoms with E-state index in [9.17, 15) is 9.18 Å². The molecule has 0 atom stereocenters. The van der Waals surface area contributed by atoms with Crippen LogP contribution in [0, 0.1) is 5.82 Å². The normalized spacial score (nSPS) is 10.7. The summed E-state index contributed by atoms with van der Waals surface area (Å²) in [6.45, 7) is 0. The third kappa shape index (κ3) is 6.11. The lowest BCUT2D eigenvalue weighted by Crippen LogP contribution is -2.12. The second kappa shape index (κ2) is 9.57. The fraction of sp³-hybridized carbons (Fsp3) is 0.211. The summed E-state index contributed by atoms with van der Waals surface area (Å²) in [7, 11) is 0. The molecule has 1 N–H and O–H groups in total. The molecule has 1 heterocycles. The van der Waals surface area contributed by atoms with E-state index < -0.39 is 0 Å². The van der Waals surface area contributed by atoms with Gasteiger partial charge < -0.3 is 4.42 Å². The first-order chi connectivity index (χ1) is 13.1. The lowest BCUT2D eigenvalue weighted by Gasteiger charge is -2.02. The summed E-state index contributed by atoms with van der Waals surface area (Å²) in [5.74, 6) is 0.539. The Labute approximate surface area is 165 Å². The Morgan fingerprint density at radius 3 is 2.48 bits per heavy atom. The van der Waals surface area contributed by atoms with Gasteiger partial charge in [0.1, 0.15) is 5.82 Å². The zero-order chi connectivity index (χ0) is 19.1. The molecule has 0 radical (unpaired) electrons. The minimum atomic E-state index is -0.274. The van der Waals surface area contributed by atoms with E-state index in [1.165, 1.54) is 28.8 Å². The molecule has 0 aliphatic carbocycles. The van der Waals surface area contributed by atoms with Crippen molar-refractivity contribution in [1.29, 1.82) is 0 Å². The maximum Gasteiger partial charge on any atom is 0.322 e. The first-order valence-corrected chi connectivity index (χ1v) is 10.5. The van der Waals surface area contributed by atoms with E-state index in [1.54, 1.807) is 23.9 Å². The van der Waals surface area contributed by atoms with Crippen molar-refractivity contribution in [2.45, 2.75) is 22.6 Å². The molecule has 140 valence electrons. The third-order valence-corrected chi connectivity index (χ3v) is 5.40. The summed E-state index contributed by atoms with van der Waals surface area (Å²) in [6.07, 6.45) is 2.83. The highest BCUT2D eigenvalue weighted by Gasteiger charge is 2.10. The van der Waals surface area contributed by atoms with Gasteiger partial charge in [0.05, 0.1) is 6.42 Å². The average molecular weight is 404 g/mol. The van der Waals surface area contributed by atoms with E-state index in [2.05, 4.69) is 15.5 Å². The average Bonchev–Trinajstić information content (AvgIpc) is 3.10. The van der Waals surface area contributed by atoms with Crippen molar-refractivity contribution in [2.24, 2.45) is 0 Å². The number of aromatic nitrogens is 2. The summed E-state index contributed by atoms with van der Waals surface area (Å²) >= 11 is 3.17. The van der Waals surface area contributed by atoms with E-state index in [-0.39, 0.29) is 24.2 Å². The fourth-order valence-electron chi connectivity index (χ4n) is 2.27. The van der Waals surface area contributed by atoms with Crippen LogP contribution in [0.25, 0.3) is 0 Å². The van der Waals surface area contributed by atoms with E-state index in [4.69, 9.17) is 4.42 Å². The highest BCUT2D eigenvalue weighted by atomic mass is 32.2. The number of nitrogens with zero attached hydrogens (tertiary/aromatic N) is 2. The summed E-state index contributed by atoms with van der Waals surface area (Å²) in [6, 6.07) is 14.4. The van der Waals surface area contributed by atoms with Crippen LogP contribution in [0.5, 0.6) is 0 Å². The predicted molar refractivity (Wildman–Crippen MR) is 106 cm³/mol. The summed E-state index contributed by atoms with van der Waals surface area (Å²) in [4.78, 5) is 14.1. The Bertz CT molecular complexity index is 883. The van der Waals surface area contributed by atoms with E-state index >= 15 is 0 Å². The summed E-state index contributed by atoms with van der Waals surface area (Å²) < 4.78 is 18.3. The Hall–Kier alpha value is -2.32. The SMILES string of the molecule is CSc1ccc(Cc2nnc(NC(=O)CCSc3ccc(F)cc3)o2)cc1. The number of halogens is 1. The molecule has 0 unspecified atom stereocenters.